The van der Waals surface area contributed by atoms with Crippen molar-refractivity contribution in [1.82, 2.24) is 4.98 Å². The summed E-state index contributed by atoms with van der Waals surface area (Å²) >= 11 is 0. The first-order valence-corrected chi connectivity index (χ1v) is 8.75. The molecule has 1 aromatic heterocycles. The normalized spacial score (nSPS) is 15.6. The molecule has 0 N–H and O–H groups in total. The molecule has 130 valence electrons. The number of rotatable bonds is 4. The summed E-state index contributed by atoms with van der Waals surface area (Å²) in [5.41, 5.74) is 3.97. The summed E-state index contributed by atoms with van der Waals surface area (Å²) < 4.78 is 5.78. The fourth-order valence-corrected chi connectivity index (χ4v) is 3.35. The third kappa shape index (κ3) is 3.18. The van der Waals surface area contributed by atoms with Crippen molar-refractivity contribution in [2.24, 2.45) is 0 Å². The van der Waals surface area contributed by atoms with Crippen molar-refractivity contribution in [3.05, 3.63) is 89.7 Å². The lowest BCUT2D eigenvalue weighted by Crippen LogP contribution is -2.35. The van der Waals surface area contributed by atoms with Crippen LogP contribution in [-0.2, 0) is 13.0 Å². The zero-order chi connectivity index (χ0) is 17.9. The van der Waals surface area contributed by atoms with Crippen LogP contribution in [0, 0.1) is 0 Å². The Morgan fingerprint density at radius 2 is 1.81 bits per heavy atom. The number of hydrogen-bond acceptors (Lipinski definition) is 3. The Morgan fingerprint density at radius 3 is 2.58 bits per heavy atom. The number of fused-ring (bicyclic) bond motifs is 1. The zero-order valence-electron chi connectivity index (χ0n) is 14.6. The van der Waals surface area contributed by atoms with Crippen LogP contribution in [-0.4, -0.2) is 16.9 Å². The van der Waals surface area contributed by atoms with Crippen molar-refractivity contribution in [2.75, 3.05) is 4.90 Å². The summed E-state index contributed by atoms with van der Waals surface area (Å²) in [6.07, 6.45) is 4.39. The Bertz CT molecular complexity index is 907. The maximum Gasteiger partial charge on any atom is 0.258 e. The van der Waals surface area contributed by atoms with E-state index in [0.29, 0.717) is 12.2 Å². The van der Waals surface area contributed by atoms with Crippen LogP contribution in [0.1, 0.15) is 28.4 Å². The molecule has 1 amide bonds. The molecule has 0 saturated heterocycles. The Balaban J connectivity index is 1.47. The number of hydrogen-bond donors (Lipinski definition) is 0. The van der Waals surface area contributed by atoms with Gasteiger partial charge in [-0.1, -0.05) is 18.2 Å². The summed E-state index contributed by atoms with van der Waals surface area (Å²) in [7, 11) is 0. The first-order valence-electron chi connectivity index (χ1n) is 8.75. The van der Waals surface area contributed by atoms with E-state index in [-0.39, 0.29) is 11.9 Å². The molecule has 0 radical (unpaired) electrons. The van der Waals surface area contributed by atoms with Crippen LogP contribution in [0.15, 0.2) is 73.1 Å². The highest BCUT2D eigenvalue weighted by Gasteiger charge is 2.31. The predicted octanol–water partition coefficient (Wildman–Crippen LogP) is 4.25. The molecule has 2 aromatic carbocycles. The van der Waals surface area contributed by atoms with Gasteiger partial charge < -0.3 is 9.64 Å². The molecule has 0 saturated carbocycles. The molecule has 0 spiro atoms. The number of benzene rings is 2. The molecule has 3 aromatic rings. The quantitative estimate of drug-likeness (QED) is 0.710. The smallest absolute Gasteiger partial charge is 0.258 e. The van der Waals surface area contributed by atoms with Crippen LogP contribution >= 0.6 is 0 Å². The maximum absolute atomic E-state index is 13.0. The third-order valence-electron chi connectivity index (χ3n) is 4.68. The summed E-state index contributed by atoms with van der Waals surface area (Å²) in [5, 5.41) is 0. The van der Waals surface area contributed by atoms with Crippen LogP contribution < -0.4 is 9.64 Å². The summed E-state index contributed by atoms with van der Waals surface area (Å²) in [4.78, 5) is 18.9. The molecular weight excluding hydrogens is 324 g/mol. The van der Waals surface area contributed by atoms with Crippen molar-refractivity contribution in [3.63, 3.8) is 0 Å². The molecule has 4 heteroatoms. The molecule has 0 fully saturated rings. The summed E-state index contributed by atoms with van der Waals surface area (Å²) in [6.45, 7) is 2.57. The number of nitrogens with zero attached hydrogens (tertiary/aromatic N) is 2. The maximum atomic E-state index is 13.0. The first kappa shape index (κ1) is 16.3. The molecular formula is C22H20N2O2. The van der Waals surface area contributed by atoms with E-state index in [9.17, 15) is 4.79 Å². The lowest BCUT2D eigenvalue weighted by Gasteiger charge is -2.23. The second-order valence-corrected chi connectivity index (χ2v) is 6.53. The Labute approximate surface area is 153 Å². The number of pyridine rings is 1. The molecule has 26 heavy (non-hydrogen) atoms. The lowest BCUT2D eigenvalue weighted by molar-refractivity contribution is 0.0981. The fraction of sp³-hybridized carbons (Fsp3) is 0.182. The third-order valence-corrected chi connectivity index (χ3v) is 4.68. The molecule has 1 aliphatic rings. The van der Waals surface area contributed by atoms with E-state index in [0.717, 1.165) is 23.4 Å². The van der Waals surface area contributed by atoms with Gasteiger partial charge in [-0.2, -0.15) is 0 Å². The van der Waals surface area contributed by atoms with Crippen molar-refractivity contribution >= 4 is 11.6 Å². The average molecular weight is 344 g/mol. The van der Waals surface area contributed by atoms with Gasteiger partial charge in [-0.15, -0.1) is 0 Å². The molecule has 0 unspecified atom stereocenters. The highest BCUT2D eigenvalue weighted by molar-refractivity contribution is 6.07. The van der Waals surface area contributed by atoms with Crippen molar-refractivity contribution in [2.45, 2.75) is 26.0 Å². The monoisotopic (exact) mass is 344 g/mol. The zero-order valence-corrected chi connectivity index (χ0v) is 14.6. The number of ether oxygens (including phenoxy) is 1. The number of carbonyl (C=O) groups excluding carboxylic acids is 1. The van der Waals surface area contributed by atoms with Gasteiger partial charge in [0.25, 0.3) is 5.91 Å². The number of anilines is 1. The van der Waals surface area contributed by atoms with E-state index >= 15 is 0 Å². The number of aromatic nitrogens is 1. The lowest BCUT2D eigenvalue weighted by atomic mass is 10.1. The van der Waals surface area contributed by atoms with Crippen molar-refractivity contribution in [1.29, 1.82) is 0 Å². The van der Waals surface area contributed by atoms with Gasteiger partial charge in [0.2, 0.25) is 0 Å². The van der Waals surface area contributed by atoms with Crippen LogP contribution in [0.25, 0.3) is 0 Å². The van der Waals surface area contributed by atoms with E-state index in [1.807, 2.05) is 59.5 Å². The van der Waals surface area contributed by atoms with Gasteiger partial charge in [0.05, 0.1) is 0 Å². The second kappa shape index (κ2) is 7.00. The molecule has 1 atom stereocenters. The van der Waals surface area contributed by atoms with Gasteiger partial charge in [0.15, 0.2) is 0 Å². The predicted molar refractivity (Wildman–Crippen MR) is 101 cm³/mol. The minimum absolute atomic E-state index is 0.0307. The second-order valence-electron chi connectivity index (χ2n) is 6.53. The van der Waals surface area contributed by atoms with E-state index in [2.05, 4.69) is 18.0 Å². The minimum Gasteiger partial charge on any atom is -0.489 e. The largest absolute Gasteiger partial charge is 0.489 e. The standard InChI is InChI=1S/C22H20N2O2/c1-16-14-19-4-2-3-5-21(19)24(16)22(25)18-6-8-20(9-7-18)26-15-17-10-12-23-13-11-17/h2-13,16H,14-15H2,1H3/t16-/m0/s1. The minimum atomic E-state index is 0.0307. The van der Waals surface area contributed by atoms with E-state index in [4.69, 9.17) is 4.74 Å². The van der Waals surface area contributed by atoms with Gasteiger partial charge in [-0.05, 0) is 66.9 Å². The molecule has 4 rings (SSSR count). The Morgan fingerprint density at radius 1 is 1.08 bits per heavy atom. The van der Waals surface area contributed by atoms with Gasteiger partial charge in [-0.3, -0.25) is 9.78 Å². The van der Waals surface area contributed by atoms with Crippen molar-refractivity contribution < 1.29 is 9.53 Å². The highest BCUT2D eigenvalue weighted by atomic mass is 16.5. The van der Waals surface area contributed by atoms with Crippen LogP contribution in [0.3, 0.4) is 0 Å². The van der Waals surface area contributed by atoms with E-state index < -0.39 is 0 Å². The van der Waals surface area contributed by atoms with Gasteiger partial charge in [-0.25, -0.2) is 0 Å². The number of amides is 1. The molecule has 2 heterocycles. The van der Waals surface area contributed by atoms with Gasteiger partial charge >= 0.3 is 0 Å². The SMILES string of the molecule is C[C@H]1Cc2ccccc2N1C(=O)c1ccc(OCc2ccncc2)cc1. The summed E-state index contributed by atoms with van der Waals surface area (Å²) in [5.74, 6) is 0.774. The van der Waals surface area contributed by atoms with Crippen LogP contribution in [0.2, 0.25) is 0 Å². The van der Waals surface area contributed by atoms with Crippen molar-refractivity contribution in [3.8, 4) is 5.75 Å². The topological polar surface area (TPSA) is 42.4 Å². The molecule has 4 nitrogen and oxygen atoms in total. The average Bonchev–Trinajstić information content (AvgIpc) is 3.03. The fourth-order valence-electron chi connectivity index (χ4n) is 3.35. The van der Waals surface area contributed by atoms with Crippen LogP contribution in [0.5, 0.6) is 5.75 Å². The number of para-hydroxylation sites is 1. The van der Waals surface area contributed by atoms with Crippen LogP contribution in [0.4, 0.5) is 5.69 Å². The Kier molecular flexibility index (Phi) is 4.40. The summed E-state index contributed by atoms with van der Waals surface area (Å²) in [6, 6.07) is 19.5. The molecule has 0 bridgehead atoms. The van der Waals surface area contributed by atoms with Gasteiger partial charge in [0, 0.05) is 29.7 Å². The highest BCUT2D eigenvalue weighted by Crippen LogP contribution is 2.33. The Hall–Kier alpha value is -3.14. The molecule has 0 aliphatic carbocycles. The van der Waals surface area contributed by atoms with E-state index in [1.54, 1.807) is 12.4 Å². The van der Waals surface area contributed by atoms with Gasteiger partial charge in [0.1, 0.15) is 12.4 Å². The van der Waals surface area contributed by atoms with E-state index in [1.165, 1.54) is 5.56 Å². The molecule has 1 aliphatic heterocycles. The number of carbonyl (C=O) groups is 1. The first-order chi connectivity index (χ1) is 12.7.